The third-order valence-electron chi connectivity index (χ3n) is 2.46. The van der Waals surface area contributed by atoms with Gasteiger partial charge in [-0.3, -0.25) is 0 Å². The minimum atomic E-state index is -5.39. The van der Waals surface area contributed by atoms with Gasteiger partial charge in [-0.2, -0.15) is 15.6 Å². The van der Waals surface area contributed by atoms with Crippen LogP contribution in [-0.4, -0.2) is 5.48 Å². The fourth-order valence-corrected chi connectivity index (χ4v) is 1.56. The molecule has 0 aromatic heterocycles. The molecule has 160 valence electrons. The molecule has 0 saturated carbocycles. The molecule has 0 fully saturated rings. The van der Waals surface area contributed by atoms with Crippen molar-refractivity contribution in [1.82, 2.24) is 0 Å². The summed E-state index contributed by atoms with van der Waals surface area (Å²) in [5.41, 5.74) is 0. The zero-order chi connectivity index (χ0) is 20.1. The molecule has 0 rings (SSSR count). The number of rotatable bonds is 9. The van der Waals surface area contributed by atoms with Crippen LogP contribution in [-0.2, 0) is 9.13 Å². The van der Waals surface area contributed by atoms with Crippen molar-refractivity contribution >= 4 is 15.6 Å². The molecule has 0 atom stereocenters. The highest BCUT2D eigenvalue weighted by Crippen LogP contribution is 2.09. The first-order valence-electron chi connectivity index (χ1n) is 8.37. The Morgan fingerprint density at radius 2 is 0.640 bits per heavy atom. The van der Waals surface area contributed by atoms with Gasteiger partial charge in [0.2, 0.25) is 0 Å². The molecule has 9 nitrogen and oxygen atoms in total. The highest BCUT2D eigenvalue weighted by atomic mass is 31.2. The van der Waals surface area contributed by atoms with Gasteiger partial charge in [0.15, 0.2) is 0 Å². The molecule has 2 N–H and O–H groups in total. The summed E-state index contributed by atoms with van der Waals surface area (Å²) in [7, 11) is -10.8. The Morgan fingerprint density at radius 3 is 0.760 bits per heavy atom. The van der Waals surface area contributed by atoms with Gasteiger partial charge in [0.05, 0.1) is 0 Å². The smallest absolute Gasteiger partial charge is 0.0533 e. The molecular weight excluding hydrogens is 374 g/mol. The van der Waals surface area contributed by atoms with Crippen LogP contribution in [0.15, 0.2) is 0 Å². The van der Waals surface area contributed by atoms with Crippen molar-refractivity contribution < 1.29 is 44.0 Å². The van der Waals surface area contributed by atoms with E-state index in [-0.39, 0.29) is 5.48 Å². The van der Waals surface area contributed by atoms with Gasteiger partial charge in [-0.05, 0) is 0 Å². The van der Waals surface area contributed by atoms with Gasteiger partial charge in [0, 0.05) is 0 Å². The summed E-state index contributed by atoms with van der Waals surface area (Å²) in [5.74, 6) is 0. The Balaban J connectivity index is -0.0000000860. The molecule has 0 aliphatic rings. The molecular formula is C14H34O9P2-6. The largest absolute Gasteiger partial charge is 0.822 e. The Kier molecular flexibility index (Phi) is 38.2. The van der Waals surface area contributed by atoms with Crippen molar-refractivity contribution in [2.75, 3.05) is 0 Å². The minimum absolute atomic E-state index is 0. The van der Waals surface area contributed by atoms with Crippen molar-refractivity contribution in [2.24, 2.45) is 0 Å². The molecule has 0 unspecified atom stereocenters. The van der Waals surface area contributed by atoms with E-state index in [4.69, 9.17) is 38.5 Å². The van der Waals surface area contributed by atoms with Crippen molar-refractivity contribution in [1.29, 1.82) is 0 Å². The molecule has 0 radical (unpaired) electrons. The Morgan fingerprint density at radius 1 is 0.520 bits per heavy atom. The minimum Gasteiger partial charge on any atom is -0.822 e. The lowest BCUT2D eigenvalue weighted by Gasteiger charge is -2.36. The van der Waals surface area contributed by atoms with E-state index >= 15 is 0 Å². The van der Waals surface area contributed by atoms with E-state index in [0.717, 1.165) is 0 Å². The number of hydrogen-bond acceptors (Lipinski definition) is 8. The molecule has 0 aromatic rings. The van der Waals surface area contributed by atoms with Crippen LogP contribution in [0.4, 0.5) is 0 Å². The second-order valence-electron chi connectivity index (χ2n) is 4.72. The summed E-state index contributed by atoms with van der Waals surface area (Å²) in [6, 6.07) is 0. The Hall–Kier alpha value is 0.180. The summed E-state index contributed by atoms with van der Waals surface area (Å²) in [6.45, 7) is 8.56. The molecule has 0 heterocycles. The lowest BCUT2D eigenvalue weighted by molar-refractivity contribution is -0.434. The standard InChI is InChI=1S/C12H26.C2H6.2H3O4P.H2O/c1-3-5-7-9-11-12-10-8-6-4-2;1-2;2*1-5(2,3)4;/h3-12H2,1-2H3;1-2H3;2*(H3,1,2,3,4);1H2/p-6. The average molecular weight is 408 g/mol. The van der Waals surface area contributed by atoms with Gasteiger partial charge in [0.25, 0.3) is 0 Å². The summed E-state index contributed by atoms with van der Waals surface area (Å²) in [6.07, 6.45) is 14.4. The van der Waals surface area contributed by atoms with E-state index in [2.05, 4.69) is 13.8 Å². The van der Waals surface area contributed by atoms with Gasteiger partial charge in [-0.1, -0.05) is 91.9 Å². The van der Waals surface area contributed by atoms with Crippen molar-refractivity contribution in [3.05, 3.63) is 0 Å². The first-order valence-corrected chi connectivity index (χ1v) is 11.3. The quantitative estimate of drug-likeness (QED) is 0.357. The normalized spacial score (nSPS) is 10.0. The van der Waals surface area contributed by atoms with Crippen LogP contribution in [0, 0.1) is 0 Å². The van der Waals surface area contributed by atoms with Crippen molar-refractivity contribution in [2.45, 2.75) is 91.9 Å². The topological polar surface area (TPSA) is 204 Å². The van der Waals surface area contributed by atoms with Crippen LogP contribution >= 0.6 is 15.6 Å². The van der Waals surface area contributed by atoms with E-state index in [0.29, 0.717) is 0 Å². The highest BCUT2D eigenvalue weighted by molar-refractivity contribution is 7.40. The summed E-state index contributed by atoms with van der Waals surface area (Å²) in [5, 5.41) is 0. The predicted molar refractivity (Wildman–Crippen MR) is 87.7 cm³/mol. The summed E-state index contributed by atoms with van der Waals surface area (Å²) >= 11 is 0. The Bertz CT molecular complexity index is 256. The van der Waals surface area contributed by atoms with Crippen molar-refractivity contribution in [3.8, 4) is 0 Å². The molecule has 0 amide bonds. The lowest BCUT2D eigenvalue weighted by Crippen LogP contribution is -2.24. The molecule has 0 saturated heterocycles. The van der Waals surface area contributed by atoms with Gasteiger partial charge < -0.3 is 44.0 Å². The molecule has 25 heavy (non-hydrogen) atoms. The van der Waals surface area contributed by atoms with Crippen molar-refractivity contribution in [3.63, 3.8) is 0 Å². The van der Waals surface area contributed by atoms with E-state index in [9.17, 15) is 0 Å². The summed E-state index contributed by atoms with van der Waals surface area (Å²) < 4.78 is 17.1. The maximum atomic E-state index is 8.55. The molecule has 0 aliphatic heterocycles. The third-order valence-corrected chi connectivity index (χ3v) is 2.46. The first-order chi connectivity index (χ1) is 10.9. The van der Waals surface area contributed by atoms with Crippen LogP contribution in [0.3, 0.4) is 0 Å². The zero-order valence-electron chi connectivity index (χ0n) is 15.7. The fourth-order valence-electron chi connectivity index (χ4n) is 1.56. The van der Waals surface area contributed by atoms with Crippen LogP contribution in [0.25, 0.3) is 0 Å². The first kappa shape index (κ1) is 36.2. The molecule has 0 aliphatic carbocycles. The SMILES string of the molecule is CC.CCCCCCCCCCCC.O.O=P([O-])([O-])[O-].O=P([O-])([O-])[O-]. The van der Waals surface area contributed by atoms with Crippen LogP contribution in [0.2, 0.25) is 0 Å². The van der Waals surface area contributed by atoms with Crippen LogP contribution in [0.5, 0.6) is 0 Å². The molecule has 0 aromatic carbocycles. The molecule has 0 spiro atoms. The molecule has 0 bridgehead atoms. The van der Waals surface area contributed by atoms with Crippen LogP contribution < -0.4 is 29.4 Å². The second-order valence-corrected chi connectivity index (χ2v) is 6.51. The monoisotopic (exact) mass is 408 g/mol. The zero-order valence-corrected chi connectivity index (χ0v) is 17.5. The van der Waals surface area contributed by atoms with Gasteiger partial charge in [0.1, 0.15) is 0 Å². The third kappa shape index (κ3) is 141. The fraction of sp³-hybridized carbons (Fsp3) is 1.00. The molecule has 11 heteroatoms. The number of hydrogen-bond donors (Lipinski definition) is 0. The van der Waals surface area contributed by atoms with E-state index in [1.54, 1.807) is 0 Å². The van der Waals surface area contributed by atoms with E-state index in [1.165, 1.54) is 64.2 Å². The number of unbranched alkanes of at least 4 members (excludes halogenated alkanes) is 9. The number of phosphoric acid groups is 2. The maximum Gasteiger partial charge on any atom is -0.0533 e. The van der Waals surface area contributed by atoms with Gasteiger partial charge in [-0.25, -0.2) is 0 Å². The maximum absolute atomic E-state index is 8.55. The summed E-state index contributed by atoms with van der Waals surface area (Å²) in [4.78, 5) is 51.3. The van der Waals surface area contributed by atoms with Gasteiger partial charge >= 0.3 is 0 Å². The Labute approximate surface area is 152 Å². The van der Waals surface area contributed by atoms with E-state index in [1.807, 2.05) is 13.8 Å². The highest BCUT2D eigenvalue weighted by Gasteiger charge is 1.90. The average Bonchev–Trinajstić information content (AvgIpc) is 2.40. The van der Waals surface area contributed by atoms with Crippen LogP contribution in [0.1, 0.15) is 91.9 Å². The predicted octanol–water partition coefficient (Wildman–Crippen LogP) is -0.520. The van der Waals surface area contributed by atoms with E-state index < -0.39 is 15.6 Å². The lowest BCUT2D eigenvalue weighted by atomic mass is 10.1. The second kappa shape index (κ2) is 26.4. The van der Waals surface area contributed by atoms with Gasteiger partial charge in [-0.15, -0.1) is 0 Å².